The first kappa shape index (κ1) is 20.7. The fourth-order valence-electron chi connectivity index (χ4n) is 3.17. The van der Waals surface area contributed by atoms with Gasteiger partial charge in [0, 0.05) is 37.2 Å². The van der Waals surface area contributed by atoms with E-state index in [0.29, 0.717) is 24.0 Å². The second-order valence-electron chi connectivity index (χ2n) is 7.31. The number of hydrogen-bond acceptors (Lipinski definition) is 6. The third-order valence-corrected chi connectivity index (χ3v) is 6.22. The number of carbonyl (C=O) groups excluding carboxylic acids is 1. The zero-order valence-electron chi connectivity index (χ0n) is 16.6. The predicted octanol–water partition coefficient (Wildman–Crippen LogP) is 2.13. The molecule has 1 amide bonds. The lowest BCUT2D eigenvalue weighted by molar-refractivity contribution is 0.0766. The summed E-state index contributed by atoms with van der Waals surface area (Å²) >= 11 is 1.88. The lowest BCUT2D eigenvalue weighted by Gasteiger charge is -2.25. The van der Waals surface area contributed by atoms with Crippen LogP contribution in [0.15, 0.2) is 30.5 Å². The Morgan fingerprint density at radius 3 is 2.71 bits per heavy atom. The highest BCUT2D eigenvalue weighted by Crippen LogP contribution is 2.14. The Labute approximate surface area is 170 Å². The predicted molar refractivity (Wildman–Crippen MR) is 112 cm³/mol. The van der Waals surface area contributed by atoms with E-state index in [2.05, 4.69) is 29.2 Å². The monoisotopic (exact) mass is 403 g/mol. The van der Waals surface area contributed by atoms with Gasteiger partial charge < -0.3 is 14.9 Å². The van der Waals surface area contributed by atoms with Gasteiger partial charge in [-0.05, 0) is 44.5 Å². The molecule has 0 bridgehead atoms. The van der Waals surface area contributed by atoms with E-state index in [9.17, 15) is 9.90 Å². The van der Waals surface area contributed by atoms with Gasteiger partial charge in [0.1, 0.15) is 5.75 Å². The fraction of sp³-hybridized carbons (Fsp3) is 0.550. The van der Waals surface area contributed by atoms with Crippen LogP contribution in [0.4, 0.5) is 0 Å². The number of rotatable bonds is 8. The number of phenols is 1. The summed E-state index contributed by atoms with van der Waals surface area (Å²) in [6, 6.07) is 7.82. The summed E-state index contributed by atoms with van der Waals surface area (Å²) in [5.74, 6) is 2.28. The molecule has 28 heavy (non-hydrogen) atoms. The summed E-state index contributed by atoms with van der Waals surface area (Å²) in [5, 5.41) is 17.6. The quantitative estimate of drug-likeness (QED) is 0.728. The highest BCUT2D eigenvalue weighted by molar-refractivity contribution is 7.99. The van der Waals surface area contributed by atoms with Gasteiger partial charge in [0.2, 0.25) is 0 Å². The van der Waals surface area contributed by atoms with Crippen LogP contribution in [0.5, 0.6) is 5.75 Å². The molecule has 1 unspecified atom stereocenters. The molecular formula is C20H29N5O2S. The Morgan fingerprint density at radius 1 is 1.29 bits per heavy atom. The molecule has 0 aliphatic carbocycles. The van der Waals surface area contributed by atoms with Crippen LogP contribution in [0.25, 0.3) is 0 Å². The van der Waals surface area contributed by atoms with Crippen molar-refractivity contribution in [1.29, 1.82) is 0 Å². The van der Waals surface area contributed by atoms with E-state index in [4.69, 9.17) is 0 Å². The van der Waals surface area contributed by atoms with E-state index in [1.807, 2.05) is 28.8 Å². The van der Waals surface area contributed by atoms with Gasteiger partial charge in [0.05, 0.1) is 12.7 Å². The van der Waals surface area contributed by atoms with E-state index in [1.165, 1.54) is 5.56 Å². The van der Waals surface area contributed by atoms with Crippen molar-refractivity contribution >= 4 is 17.7 Å². The van der Waals surface area contributed by atoms with E-state index >= 15 is 0 Å². The van der Waals surface area contributed by atoms with Gasteiger partial charge in [-0.3, -0.25) is 9.48 Å². The largest absolute Gasteiger partial charge is 0.508 e. The molecule has 8 heteroatoms. The van der Waals surface area contributed by atoms with Crippen molar-refractivity contribution in [3.05, 3.63) is 41.7 Å². The summed E-state index contributed by atoms with van der Waals surface area (Å²) in [5.41, 5.74) is 1.67. The number of nitrogens with zero attached hydrogens (tertiary/aromatic N) is 5. The number of thioether (sulfide) groups is 1. The van der Waals surface area contributed by atoms with Crippen LogP contribution in [-0.2, 0) is 13.0 Å². The average Bonchev–Trinajstić information content (AvgIpc) is 3.20. The Bertz CT molecular complexity index is 758. The molecule has 1 aromatic carbocycles. The molecule has 1 atom stereocenters. The minimum Gasteiger partial charge on any atom is -0.508 e. The van der Waals surface area contributed by atoms with Crippen LogP contribution in [0.2, 0.25) is 0 Å². The number of hydrogen-bond donors (Lipinski definition) is 1. The minimum atomic E-state index is -0.0119. The summed E-state index contributed by atoms with van der Waals surface area (Å²) < 4.78 is 1.76. The molecule has 1 aliphatic heterocycles. The Hall–Kier alpha value is -2.06. The average molecular weight is 404 g/mol. The molecule has 1 saturated heterocycles. The second kappa shape index (κ2) is 9.93. The molecule has 0 spiro atoms. The number of aromatic hydroxyl groups is 1. The first-order valence-electron chi connectivity index (χ1n) is 9.78. The topological polar surface area (TPSA) is 74.5 Å². The van der Waals surface area contributed by atoms with Crippen LogP contribution in [0.1, 0.15) is 29.4 Å². The molecule has 0 radical (unpaired) electrons. The van der Waals surface area contributed by atoms with E-state index in [0.717, 1.165) is 44.0 Å². The molecule has 1 N–H and O–H groups in total. The standard InChI is InChI=1S/C20H29N5O2S/c1-16(3-4-17-5-7-18(26)8-6-17)23(2)9-10-25-15-19(21-22-25)20(27)24-11-13-28-14-12-24/h5-8,15-16,26H,3-4,9-14H2,1-2H3. The van der Waals surface area contributed by atoms with Crippen molar-refractivity contribution in [3.63, 3.8) is 0 Å². The first-order chi connectivity index (χ1) is 13.5. The maximum atomic E-state index is 12.5. The summed E-state index contributed by atoms with van der Waals surface area (Å²) in [6.45, 7) is 5.34. The third kappa shape index (κ3) is 5.72. The molecule has 0 saturated carbocycles. The molecule has 1 aliphatic rings. The Kier molecular flexibility index (Phi) is 7.33. The van der Waals surface area contributed by atoms with Crippen molar-refractivity contribution in [2.75, 3.05) is 38.2 Å². The van der Waals surface area contributed by atoms with Crippen LogP contribution < -0.4 is 0 Å². The maximum Gasteiger partial charge on any atom is 0.276 e. The van der Waals surface area contributed by atoms with Crippen molar-refractivity contribution in [2.45, 2.75) is 32.4 Å². The molecular weight excluding hydrogens is 374 g/mol. The van der Waals surface area contributed by atoms with Gasteiger partial charge >= 0.3 is 0 Å². The molecule has 3 rings (SSSR count). The number of benzene rings is 1. The minimum absolute atomic E-state index is 0.0119. The molecule has 7 nitrogen and oxygen atoms in total. The molecule has 2 heterocycles. The van der Waals surface area contributed by atoms with E-state index < -0.39 is 0 Å². The summed E-state index contributed by atoms with van der Waals surface area (Å²) in [4.78, 5) is 16.6. The van der Waals surface area contributed by atoms with Crippen molar-refractivity contribution in [3.8, 4) is 5.75 Å². The molecule has 152 valence electrons. The SMILES string of the molecule is CC(CCc1ccc(O)cc1)N(C)CCn1cc(C(=O)N2CCSCC2)nn1. The van der Waals surface area contributed by atoms with Crippen LogP contribution in [0, 0.1) is 0 Å². The lowest BCUT2D eigenvalue weighted by atomic mass is 10.1. The number of aryl methyl sites for hydroxylation is 1. The van der Waals surface area contributed by atoms with Gasteiger partial charge in [0.25, 0.3) is 5.91 Å². The van der Waals surface area contributed by atoms with Gasteiger partial charge in [-0.15, -0.1) is 5.10 Å². The van der Waals surface area contributed by atoms with Crippen molar-refractivity contribution in [1.82, 2.24) is 24.8 Å². The van der Waals surface area contributed by atoms with Crippen LogP contribution in [0.3, 0.4) is 0 Å². The lowest BCUT2D eigenvalue weighted by Crippen LogP contribution is -2.38. The number of carbonyl (C=O) groups is 1. The number of phenolic OH excluding ortho intramolecular Hbond substituents is 1. The number of aromatic nitrogens is 3. The van der Waals surface area contributed by atoms with E-state index in [1.54, 1.807) is 23.0 Å². The second-order valence-corrected chi connectivity index (χ2v) is 8.53. The Morgan fingerprint density at radius 2 is 2.00 bits per heavy atom. The summed E-state index contributed by atoms with van der Waals surface area (Å²) in [7, 11) is 2.11. The smallest absolute Gasteiger partial charge is 0.276 e. The van der Waals surface area contributed by atoms with Gasteiger partial charge in [-0.1, -0.05) is 17.3 Å². The molecule has 1 fully saturated rings. The molecule has 1 aromatic heterocycles. The van der Waals surface area contributed by atoms with Crippen LogP contribution >= 0.6 is 11.8 Å². The normalized spacial score (nSPS) is 15.8. The third-order valence-electron chi connectivity index (χ3n) is 5.28. The highest BCUT2D eigenvalue weighted by Gasteiger charge is 2.21. The van der Waals surface area contributed by atoms with Crippen molar-refractivity contribution in [2.24, 2.45) is 0 Å². The maximum absolute atomic E-state index is 12.5. The Balaban J connectivity index is 1.43. The highest BCUT2D eigenvalue weighted by atomic mass is 32.2. The number of amides is 1. The van der Waals surface area contributed by atoms with E-state index in [-0.39, 0.29) is 5.91 Å². The van der Waals surface area contributed by atoms with Crippen molar-refractivity contribution < 1.29 is 9.90 Å². The van der Waals surface area contributed by atoms with Gasteiger partial charge in [-0.2, -0.15) is 11.8 Å². The first-order valence-corrected chi connectivity index (χ1v) is 10.9. The zero-order valence-corrected chi connectivity index (χ0v) is 17.4. The summed E-state index contributed by atoms with van der Waals surface area (Å²) in [6.07, 6.45) is 3.77. The fourth-order valence-corrected chi connectivity index (χ4v) is 4.08. The zero-order chi connectivity index (χ0) is 19.9. The molecule has 2 aromatic rings. The van der Waals surface area contributed by atoms with Crippen LogP contribution in [-0.4, -0.2) is 80.0 Å². The van der Waals surface area contributed by atoms with Gasteiger partial charge in [-0.25, -0.2) is 0 Å². The number of likely N-dealkylation sites (N-methyl/N-ethyl adjacent to an activating group) is 1. The van der Waals surface area contributed by atoms with Gasteiger partial charge in [0.15, 0.2) is 5.69 Å².